The third-order valence-corrected chi connectivity index (χ3v) is 7.26. The molecule has 170 valence electrons. The van der Waals surface area contributed by atoms with E-state index in [-0.39, 0.29) is 0 Å². The zero-order valence-electron chi connectivity index (χ0n) is 19.0. The molecule has 2 aliphatic rings. The molecule has 1 aromatic rings. The van der Waals surface area contributed by atoms with Gasteiger partial charge in [0.2, 0.25) is 0 Å². The molecular formula is C23H41N5OS. The molecule has 0 bridgehead atoms. The minimum absolute atomic E-state index is 0.371. The summed E-state index contributed by atoms with van der Waals surface area (Å²) in [5, 5.41) is 7.08. The van der Waals surface area contributed by atoms with Crippen molar-refractivity contribution in [2.75, 3.05) is 66.1 Å². The second-order valence-corrected chi connectivity index (χ2v) is 9.77. The number of aryl methyl sites for hydroxylation is 1. The van der Waals surface area contributed by atoms with Gasteiger partial charge < -0.3 is 20.3 Å². The SMILES string of the molecule is CN=C(NCCCCCN1CCCCC1)NCC(c1ccc(C)s1)N1CCOCC1. The van der Waals surface area contributed by atoms with Crippen molar-refractivity contribution in [1.82, 2.24) is 20.4 Å². The van der Waals surface area contributed by atoms with Gasteiger partial charge in [-0.05, 0) is 64.4 Å². The molecule has 3 rings (SSSR count). The Morgan fingerprint density at radius 3 is 2.57 bits per heavy atom. The molecule has 0 spiro atoms. The number of piperidine rings is 1. The number of morpholine rings is 1. The van der Waals surface area contributed by atoms with Crippen molar-refractivity contribution in [3.8, 4) is 0 Å². The lowest BCUT2D eigenvalue weighted by atomic mass is 10.1. The van der Waals surface area contributed by atoms with Crippen LogP contribution in [0.5, 0.6) is 0 Å². The molecule has 2 fully saturated rings. The molecule has 0 radical (unpaired) electrons. The second-order valence-electron chi connectivity index (χ2n) is 8.46. The number of nitrogens with zero attached hydrogens (tertiary/aromatic N) is 3. The Bertz CT molecular complexity index is 623. The number of thiophene rings is 1. The van der Waals surface area contributed by atoms with E-state index in [1.165, 1.54) is 67.9 Å². The van der Waals surface area contributed by atoms with Crippen LogP contribution < -0.4 is 10.6 Å². The van der Waals surface area contributed by atoms with Gasteiger partial charge in [0.25, 0.3) is 0 Å². The maximum absolute atomic E-state index is 5.56. The third kappa shape index (κ3) is 7.84. The Morgan fingerprint density at radius 2 is 1.87 bits per heavy atom. The van der Waals surface area contributed by atoms with Gasteiger partial charge in [0.15, 0.2) is 5.96 Å². The second kappa shape index (κ2) is 13.3. The molecule has 0 aromatic carbocycles. The number of likely N-dealkylation sites (tertiary alicyclic amines) is 1. The van der Waals surface area contributed by atoms with Gasteiger partial charge in [0, 0.05) is 43.0 Å². The first-order chi connectivity index (χ1) is 14.8. The molecule has 1 unspecified atom stereocenters. The highest BCUT2D eigenvalue weighted by Crippen LogP contribution is 2.27. The van der Waals surface area contributed by atoms with Gasteiger partial charge >= 0.3 is 0 Å². The van der Waals surface area contributed by atoms with E-state index < -0.39 is 0 Å². The highest BCUT2D eigenvalue weighted by molar-refractivity contribution is 7.12. The van der Waals surface area contributed by atoms with Crippen molar-refractivity contribution >= 4 is 17.3 Å². The van der Waals surface area contributed by atoms with Crippen LogP contribution >= 0.6 is 11.3 Å². The van der Waals surface area contributed by atoms with E-state index in [1.54, 1.807) is 0 Å². The van der Waals surface area contributed by atoms with E-state index in [0.717, 1.165) is 45.4 Å². The van der Waals surface area contributed by atoms with Crippen molar-refractivity contribution in [2.45, 2.75) is 51.5 Å². The van der Waals surface area contributed by atoms with Crippen LogP contribution in [0.3, 0.4) is 0 Å². The first-order valence-corrected chi connectivity index (χ1v) is 12.6. The number of guanidine groups is 1. The van der Waals surface area contributed by atoms with Crippen LogP contribution in [-0.4, -0.2) is 81.8 Å². The predicted octanol–water partition coefficient (Wildman–Crippen LogP) is 3.25. The molecule has 0 amide bonds. The highest BCUT2D eigenvalue weighted by Gasteiger charge is 2.24. The Kier molecular flexibility index (Phi) is 10.4. The van der Waals surface area contributed by atoms with Crippen LogP contribution in [0.15, 0.2) is 17.1 Å². The van der Waals surface area contributed by atoms with Gasteiger partial charge in [-0.1, -0.05) is 12.8 Å². The first kappa shape index (κ1) is 23.5. The molecular weight excluding hydrogens is 394 g/mol. The van der Waals surface area contributed by atoms with E-state index >= 15 is 0 Å². The normalized spacial score (nSPS) is 20.3. The summed E-state index contributed by atoms with van der Waals surface area (Å²) >= 11 is 1.90. The molecule has 2 N–H and O–H groups in total. The third-order valence-electron chi connectivity index (χ3n) is 6.15. The number of unbranched alkanes of at least 4 members (excludes halogenated alkanes) is 2. The Hall–Kier alpha value is -1.15. The van der Waals surface area contributed by atoms with Crippen molar-refractivity contribution < 1.29 is 4.74 Å². The zero-order chi connectivity index (χ0) is 21.0. The van der Waals surface area contributed by atoms with Crippen LogP contribution in [0.1, 0.15) is 54.3 Å². The molecule has 6 nitrogen and oxygen atoms in total. The summed E-state index contributed by atoms with van der Waals surface area (Å²) in [6.07, 6.45) is 7.99. The summed E-state index contributed by atoms with van der Waals surface area (Å²) in [6, 6.07) is 4.88. The fourth-order valence-corrected chi connectivity index (χ4v) is 5.38. The largest absolute Gasteiger partial charge is 0.379 e. The smallest absolute Gasteiger partial charge is 0.191 e. The minimum Gasteiger partial charge on any atom is -0.379 e. The van der Waals surface area contributed by atoms with Crippen LogP contribution in [0.25, 0.3) is 0 Å². The Balaban J connectivity index is 1.36. The molecule has 30 heavy (non-hydrogen) atoms. The first-order valence-electron chi connectivity index (χ1n) is 11.8. The van der Waals surface area contributed by atoms with Gasteiger partial charge in [-0.15, -0.1) is 11.3 Å². The van der Waals surface area contributed by atoms with Crippen molar-refractivity contribution in [2.24, 2.45) is 4.99 Å². The summed E-state index contributed by atoms with van der Waals surface area (Å²) in [6.45, 7) is 11.6. The molecule has 1 aromatic heterocycles. The fraction of sp³-hybridized carbons (Fsp3) is 0.783. The summed E-state index contributed by atoms with van der Waals surface area (Å²) < 4.78 is 5.56. The lowest BCUT2D eigenvalue weighted by Crippen LogP contribution is -2.46. The topological polar surface area (TPSA) is 52.1 Å². The van der Waals surface area contributed by atoms with Crippen molar-refractivity contribution in [3.63, 3.8) is 0 Å². The van der Waals surface area contributed by atoms with Crippen LogP contribution in [0, 0.1) is 6.92 Å². The molecule has 2 aliphatic heterocycles. The highest BCUT2D eigenvalue weighted by atomic mass is 32.1. The van der Waals surface area contributed by atoms with E-state index in [4.69, 9.17) is 4.74 Å². The zero-order valence-corrected chi connectivity index (χ0v) is 19.8. The maximum Gasteiger partial charge on any atom is 0.191 e. The predicted molar refractivity (Wildman–Crippen MR) is 128 cm³/mol. The van der Waals surface area contributed by atoms with E-state index in [2.05, 4.69) is 44.5 Å². The number of hydrogen-bond acceptors (Lipinski definition) is 5. The van der Waals surface area contributed by atoms with E-state index in [1.807, 2.05) is 18.4 Å². The monoisotopic (exact) mass is 435 g/mol. The molecule has 2 saturated heterocycles. The molecule has 0 aliphatic carbocycles. The Morgan fingerprint density at radius 1 is 1.07 bits per heavy atom. The van der Waals surface area contributed by atoms with Crippen LogP contribution in [0.4, 0.5) is 0 Å². The van der Waals surface area contributed by atoms with E-state index in [9.17, 15) is 0 Å². The van der Waals surface area contributed by atoms with Gasteiger partial charge in [0.1, 0.15) is 0 Å². The van der Waals surface area contributed by atoms with Gasteiger partial charge in [-0.25, -0.2) is 0 Å². The standard InChI is InChI=1S/C23H41N5OS/c1-20-9-10-22(30-20)21(28-15-17-29-18-16-28)19-26-23(24-2)25-11-5-3-6-12-27-13-7-4-8-14-27/h9-10,21H,3-8,11-19H2,1-2H3,(H2,24,25,26). The summed E-state index contributed by atoms with van der Waals surface area (Å²) in [7, 11) is 1.87. The number of rotatable bonds is 10. The average molecular weight is 436 g/mol. The van der Waals surface area contributed by atoms with Gasteiger partial charge in [-0.2, -0.15) is 0 Å². The van der Waals surface area contributed by atoms with Crippen LogP contribution in [0.2, 0.25) is 0 Å². The van der Waals surface area contributed by atoms with Crippen molar-refractivity contribution in [3.05, 3.63) is 21.9 Å². The molecule has 7 heteroatoms. The maximum atomic E-state index is 5.56. The summed E-state index contributed by atoms with van der Waals surface area (Å²) in [4.78, 5) is 12.4. The van der Waals surface area contributed by atoms with Gasteiger partial charge in [-0.3, -0.25) is 9.89 Å². The Labute approximate surface area is 187 Å². The average Bonchev–Trinajstić information content (AvgIpc) is 3.22. The van der Waals surface area contributed by atoms with Gasteiger partial charge in [0.05, 0.1) is 19.3 Å². The van der Waals surface area contributed by atoms with E-state index in [0.29, 0.717) is 6.04 Å². The number of ether oxygens (including phenoxy) is 1. The molecule has 3 heterocycles. The number of nitrogens with one attached hydrogen (secondary N) is 2. The number of aliphatic imine (C=N–C) groups is 1. The summed E-state index contributed by atoms with van der Waals surface area (Å²) in [5.74, 6) is 0.914. The molecule has 1 atom stereocenters. The number of hydrogen-bond donors (Lipinski definition) is 2. The summed E-state index contributed by atoms with van der Waals surface area (Å²) in [5.41, 5.74) is 0. The minimum atomic E-state index is 0.371. The van der Waals surface area contributed by atoms with Crippen molar-refractivity contribution in [1.29, 1.82) is 0 Å². The lowest BCUT2D eigenvalue weighted by Gasteiger charge is -2.34. The molecule has 0 saturated carbocycles. The fourth-order valence-electron chi connectivity index (χ4n) is 4.37. The lowest BCUT2D eigenvalue weighted by molar-refractivity contribution is 0.0177. The van der Waals surface area contributed by atoms with Crippen LogP contribution in [-0.2, 0) is 4.74 Å². The quantitative estimate of drug-likeness (QED) is 0.336.